The number of carbonyl (C=O) groups is 1. The lowest BCUT2D eigenvalue weighted by Gasteiger charge is -2.05. The normalized spacial score (nSPS) is 10.9. The number of anilines is 1. The minimum atomic E-state index is -0.275. The first-order chi connectivity index (χ1) is 10.6. The molecule has 0 saturated heterocycles. The van der Waals surface area contributed by atoms with E-state index in [9.17, 15) is 4.79 Å². The monoisotopic (exact) mass is 317 g/mol. The fraction of sp³-hybridized carbons (Fsp3) is 0.267. The van der Waals surface area contributed by atoms with Gasteiger partial charge in [0.1, 0.15) is 28.4 Å². The van der Waals surface area contributed by atoms with Gasteiger partial charge in [0.25, 0.3) is 5.91 Å². The van der Waals surface area contributed by atoms with Crippen LogP contribution in [0, 0.1) is 13.8 Å². The molecule has 0 bridgehead atoms. The Balaban J connectivity index is 1.96. The van der Waals surface area contributed by atoms with Gasteiger partial charge in [-0.3, -0.25) is 4.79 Å². The zero-order chi connectivity index (χ0) is 15.7. The largest absolute Gasteiger partial charge is 0.360 e. The van der Waals surface area contributed by atoms with Gasteiger partial charge in [0.05, 0.1) is 4.88 Å². The van der Waals surface area contributed by atoms with Crippen molar-refractivity contribution in [1.29, 1.82) is 0 Å². The minimum Gasteiger partial charge on any atom is -0.360 e. The van der Waals surface area contributed by atoms with Gasteiger partial charge in [0.15, 0.2) is 5.76 Å². The molecule has 0 saturated carbocycles. The van der Waals surface area contributed by atoms with E-state index in [4.69, 9.17) is 9.05 Å². The summed E-state index contributed by atoms with van der Waals surface area (Å²) in [5, 5.41) is 12.7. The molecule has 114 valence electrons. The summed E-state index contributed by atoms with van der Waals surface area (Å²) in [7, 11) is 0. The quantitative estimate of drug-likeness (QED) is 0.791. The number of hydrogen-bond acceptors (Lipinski definition) is 6. The van der Waals surface area contributed by atoms with Crippen molar-refractivity contribution in [2.75, 3.05) is 5.32 Å². The van der Waals surface area contributed by atoms with Gasteiger partial charge >= 0.3 is 0 Å². The highest BCUT2D eigenvalue weighted by atomic mass is 32.1. The maximum absolute atomic E-state index is 12.7. The first-order valence-corrected chi connectivity index (χ1v) is 7.76. The molecule has 3 aromatic heterocycles. The number of amides is 1. The lowest BCUT2D eigenvalue weighted by atomic mass is 10.1. The number of hydrogen-bond donors (Lipinski definition) is 1. The molecule has 0 aliphatic rings. The van der Waals surface area contributed by atoms with Gasteiger partial charge in [-0.25, -0.2) is 0 Å². The standard InChI is InChI=1S/C15H15N3O3S/c1-4-10-13(8(2)17-21-10)16-15(19)12-9(3)20-18-14(12)11-6-5-7-22-11/h5-7H,4H2,1-3H3,(H,16,19). The van der Waals surface area contributed by atoms with Crippen molar-refractivity contribution >= 4 is 22.9 Å². The molecule has 0 atom stereocenters. The van der Waals surface area contributed by atoms with E-state index in [1.165, 1.54) is 11.3 Å². The number of aryl methyl sites for hydroxylation is 3. The van der Waals surface area contributed by atoms with Gasteiger partial charge in [-0.1, -0.05) is 23.3 Å². The van der Waals surface area contributed by atoms with Crippen LogP contribution in [0.4, 0.5) is 5.69 Å². The Morgan fingerprint density at radius 1 is 1.32 bits per heavy atom. The topological polar surface area (TPSA) is 81.2 Å². The van der Waals surface area contributed by atoms with Crippen molar-refractivity contribution in [3.8, 4) is 10.6 Å². The third-order valence-electron chi connectivity index (χ3n) is 3.34. The molecule has 0 aliphatic heterocycles. The third-order valence-corrected chi connectivity index (χ3v) is 4.21. The molecule has 0 unspecified atom stereocenters. The summed E-state index contributed by atoms with van der Waals surface area (Å²) in [5.41, 5.74) is 2.25. The van der Waals surface area contributed by atoms with Crippen LogP contribution >= 0.6 is 11.3 Å². The maximum Gasteiger partial charge on any atom is 0.261 e. The Labute approximate surface area is 131 Å². The molecule has 1 amide bonds. The summed E-state index contributed by atoms with van der Waals surface area (Å²) < 4.78 is 10.4. The highest BCUT2D eigenvalue weighted by Crippen LogP contribution is 2.30. The predicted molar refractivity (Wildman–Crippen MR) is 83.1 cm³/mol. The number of nitrogens with one attached hydrogen (secondary N) is 1. The fourth-order valence-corrected chi connectivity index (χ4v) is 2.93. The first kappa shape index (κ1) is 14.5. The van der Waals surface area contributed by atoms with Crippen molar-refractivity contribution in [3.63, 3.8) is 0 Å². The molecule has 0 fully saturated rings. The molecular formula is C15H15N3O3S. The van der Waals surface area contributed by atoms with Crippen LogP contribution in [0.1, 0.15) is 34.5 Å². The van der Waals surface area contributed by atoms with Crippen molar-refractivity contribution in [2.24, 2.45) is 0 Å². The zero-order valence-corrected chi connectivity index (χ0v) is 13.3. The third kappa shape index (κ3) is 2.43. The second-order valence-corrected chi connectivity index (χ2v) is 5.76. The number of nitrogens with zero attached hydrogens (tertiary/aromatic N) is 2. The molecule has 3 rings (SSSR count). The van der Waals surface area contributed by atoms with Crippen LogP contribution in [0.2, 0.25) is 0 Å². The summed E-state index contributed by atoms with van der Waals surface area (Å²) in [4.78, 5) is 13.5. The van der Waals surface area contributed by atoms with Crippen LogP contribution in [0.25, 0.3) is 10.6 Å². The fourth-order valence-electron chi connectivity index (χ4n) is 2.22. The summed E-state index contributed by atoms with van der Waals surface area (Å²) in [6.45, 7) is 5.45. The van der Waals surface area contributed by atoms with E-state index in [0.717, 1.165) is 4.88 Å². The lowest BCUT2D eigenvalue weighted by Crippen LogP contribution is -2.14. The summed E-state index contributed by atoms with van der Waals surface area (Å²) in [6.07, 6.45) is 0.650. The Hall–Kier alpha value is -2.41. The zero-order valence-electron chi connectivity index (χ0n) is 12.5. The van der Waals surface area contributed by atoms with Gasteiger partial charge < -0.3 is 14.4 Å². The first-order valence-electron chi connectivity index (χ1n) is 6.88. The summed E-state index contributed by atoms with van der Waals surface area (Å²) >= 11 is 1.51. The molecule has 3 heterocycles. The Morgan fingerprint density at radius 2 is 2.14 bits per heavy atom. The Kier molecular flexibility index (Phi) is 3.81. The van der Waals surface area contributed by atoms with Gasteiger partial charge in [0, 0.05) is 6.42 Å². The molecule has 1 N–H and O–H groups in total. The van der Waals surface area contributed by atoms with Crippen LogP contribution in [-0.4, -0.2) is 16.2 Å². The summed E-state index contributed by atoms with van der Waals surface area (Å²) in [5.74, 6) is 0.855. The average Bonchev–Trinajstić information content (AvgIpc) is 3.20. The van der Waals surface area contributed by atoms with Gasteiger partial charge in [-0.15, -0.1) is 11.3 Å². The second-order valence-electron chi connectivity index (χ2n) is 4.81. The Bertz CT molecular complexity index is 802. The SMILES string of the molecule is CCc1onc(C)c1NC(=O)c1c(-c2cccs2)noc1C. The van der Waals surface area contributed by atoms with Crippen molar-refractivity contribution in [2.45, 2.75) is 27.2 Å². The van der Waals surface area contributed by atoms with Gasteiger partial charge in [-0.2, -0.15) is 0 Å². The van der Waals surface area contributed by atoms with Crippen molar-refractivity contribution in [1.82, 2.24) is 10.3 Å². The van der Waals surface area contributed by atoms with Crippen LogP contribution in [0.5, 0.6) is 0 Å². The highest BCUT2D eigenvalue weighted by Gasteiger charge is 2.24. The molecule has 6 nitrogen and oxygen atoms in total. The van der Waals surface area contributed by atoms with Gasteiger partial charge in [-0.05, 0) is 25.3 Å². The molecule has 0 aromatic carbocycles. The van der Waals surface area contributed by atoms with E-state index in [-0.39, 0.29) is 5.91 Å². The van der Waals surface area contributed by atoms with Crippen LogP contribution in [0.15, 0.2) is 26.6 Å². The molecule has 7 heteroatoms. The molecule has 0 aliphatic carbocycles. The molecular weight excluding hydrogens is 302 g/mol. The minimum absolute atomic E-state index is 0.275. The number of thiophene rings is 1. The van der Waals surface area contributed by atoms with Crippen molar-refractivity contribution in [3.05, 3.63) is 40.3 Å². The van der Waals surface area contributed by atoms with E-state index in [0.29, 0.717) is 40.6 Å². The lowest BCUT2D eigenvalue weighted by molar-refractivity contribution is 0.102. The number of aromatic nitrogens is 2. The average molecular weight is 317 g/mol. The number of rotatable bonds is 4. The molecule has 3 aromatic rings. The van der Waals surface area contributed by atoms with Crippen LogP contribution in [0.3, 0.4) is 0 Å². The molecule has 22 heavy (non-hydrogen) atoms. The van der Waals surface area contributed by atoms with Gasteiger partial charge in [0.2, 0.25) is 0 Å². The van der Waals surface area contributed by atoms with Crippen LogP contribution in [-0.2, 0) is 6.42 Å². The number of carbonyl (C=O) groups excluding carboxylic acids is 1. The second kappa shape index (κ2) is 5.76. The van der Waals surface area contributed by atoms with E-state index >= 15 is 0 Å². The smallest absolute Gasteiger partial charge is 0.261 e. The van der Waals surface area contributed by atoms with E-state index < -0.39 is 0 Å². The molecule has 0 radical (unpaired) electrons. The summed E-state index contributed by atoms with van der Waals surface area (Å²) in [6, 6.07) is 3.81. The van der Waals surface area contributed by atoms with E-state index in [1.54, 1.807) is 13.8 Å². The van der Waals surface area contributed by atoms with E-state index in [1.807, 2.05) is 24.4 Å². The highest BCUT2D eigenvalue weighted by molar-refractivity contribution is 7.13. The maximum atomic E-state index is 12.7. The predicted octanol–water partition coefficient (Wildman–Crippen LogP) is 3.82. The molecule has 0 spiro atoms. The van der Waals surface area contributed by atoms with Crippen LogP contribution < -0.4 is 5.32 Å². The van der Waals surface area contributed by atoms with Crippen molar-refractivity contribution < 1.29 is 13.8 Å². The Morgan fingerprint density at radius 3 is 2.82 bits per heavy atom. The van der Waals surface area contributed by atoms with E-state index in [2.05, 4.69) is 15.6 Å².